The average Bonchev–Trinajstić information content (AvgIpc) is 3.26. The van der Waals surface area contributed by atoms with Gasteiger partial charge in [-0.25, -0.2) is 4.79 Å². The maximum Gasteiger partial charge on any atom is 0.335 e. The number of carbonyl (C=O) groups is 2. The summed E-state index contributed by atoms with van der Waals surface area (Å²) in [5, 5.41) is 24.0. The molecule has 4 aromatic rings. The number of carboxylic acids is 1. The number of phenols is 1. The molecular formula is C24H20N2O4. The van der Waals surface area contributed by atoms with Crippen LogP contribution in [0.4, 0.5) is 0 Å². The van der Waals surface area contributed by atoms with Gasteiger partial charge in [0.25, 0.3) is 5.91 Å². The number of nitrogens with zero attached hydrogens (tertiary/aromatic N) is 1. The van der Waals surface area contributed by atoms with Gasteiger partial charge in [0.05, 0.1) is 12.2 Å². The van der Waals surface area contributed by atoms with Crippen LogP contribution in [0.15, 0.2) is 79.1 Å². The first-order chi connectivity index (χ1) is 14.5. The van der Waals surface area contributed by atoms with E-state index < -0.39 is 5.97 Å². The van der Waals surface area contributed by atoms with Crippen LogP contribution in [0.2, 0.25) is 0 Å². The van der Waals surface area contributed by atoms with Crippen molar-refractivity contribution in [1.29, 1.82) is 0 Å². The van der Waals surface area contributed by atoms with Crippen molar-refractivity contribution in [3.8, 4) is 5.75 Å². The molecule has 150 valence electrons. The molecule has 0 saturated heterocycles. The summed E-state index contributed by atoms with van der Waals surface area (Å²) in [6.45, 7) is 0.386. The smallest absolute Gasteiger partial charge is 0.335 e. The van der Waals surface area contributed by atoms with E-state index >= 15 is 0 Å². The zero-order valence-corrected chi connectivity index (χ0v) is 16.1. The first-order valence-electron chi connectivity index (χ1n) is 9.46. The van der Waals surface area contributed by atoms with E-state index in [0.29, 0.717) is 24.2 Å². The van der Waals surface area contributed by atoms with Crippen LogP contribution in [0.25, 0.3) is 10.8 Å². The highest BCUT2D eigenvalue weighted by Gasteiger charge is 2.10. The van der Waals surface area contributed by atoms with Crippen molar-refractivity contribution in [1.82, 2.24) is 9.88 Å². The molecule has 1 heterocycles. The Balaban J connectivity index is 1.56. The number of benzene rings is 3. The molecule has 0 aliphatic carbocycles. The Morgan fingerprint density at radius 3 is 2.27 bits per heavy atom. The SMILES string of the molecule is O=C(O)c1ccc(Cc2cc3cc(C(=O)NCn4cccc4)ccc3cc2O)cc1. The monoisotopic (exact) mass is 400 g/mol. The Hall–Kier alpha value is -4.06. The summed E-state index contributed by atoms with van der Waals surface area (Å²) in [6, 6.07) is 19.2. The minimum atomic E-state index is -0.974. The lowest BCUT2D eigenvalue weighted by Gasteiger charge is -2.10. The second-order valence-corrected chi connectivity index (χ2v) is 7.08. The molecule has 6 nitrogen and oxygen atoms in total. The van der Waals surface area contributed by atoms with E-state index in [4.69, 9.17) is 5.11 Å². The third kappa shape index (κ3) is 4.17. The molecule has 3 N–H and O–H groups in total. The molecule has 1 aromatic heterocycles. The van der Waals surface area contributed by atoms with Crippen LogP contribution >= 0.6 is 0 Å². The lowest BCUT2D eigenvalue weighted by molar-refractivity contribution is 0.0696. The summed E-state index contributed by atoms with van der Waals surface area (Å²) < 4.78 is 1.87. The molecule has 3 aromatic carbocycles. The van der Waals surface area contributed by atoms with E-state index in [1.165, 1.54) is 0 Å². The molecule has 1 amide bonds. The number of aromatic nitrogens is 1. The van der Waals surface area contributed by atoms with Crippen LogP contribution < -0.4 is 5.32 Å². The van der Waals surface area contributed by atoms with Crippen molar-refractivity contribution < 1.29 is 19.8 Å². The molecule has 0 radical (unpaired) electrons. The van der Waals surface area contributed by atoms with E-state index in [1.54, 1.807) is 42.5 Å². The molecule has 0 saturated carbocycles. The zero-order valence-electron chi connectivity index (χ0n) is 16.1. The second kappa shape index (κ2) is 8.13. The average molecular weight is 400 g/mol. The Labute approximate surface area is 173 Å². The topological polar surface area (TPSA) is 91.6 Å². The first kappa shape index (κ1) is 19.3. The third-order valence-corrected chi connectivity index (χ3v) is 4.98. The molecule has 0 unspecified atom stereocenters. The molecule has 6 heteroatoms. The highest BCUT2D eigenvalue weighted by atomic mass is 16.4. The van der Waals surface area contributed by atoms with E-state index in [9.17, 15) is 14.7 Å². The highest BCUT2D eigenvalue weighted by Crippen LogP contribution is 2.28. The number of rotatable bonds is 6. The van der Waals surface area contributed by atoms with Crippen LogP contribution in [0.5, 0.6) is 5.75 Å². The number of aromatic carboxylic acids is 1. The molecule has 0 atom stereocenters. The summed E-state index contributed by atoms with van der Waals surface area (Å²) in [5.41, 5.74) is 2.35. The van der Waals surface area contributed by atoms with Gasteiger partial charge in [-0.3, -0.25) is 4.79 Å². The van der Waals surface area contributed by atoms with Crippen LogP contribution in [-0.4, -0.2) is 26.7 Å². The third-order valence-electron chi connectivity index (χ3n) is 4.98. The minimum absolute atomic E-state index is 0.162. The summed E-state index contributed by atoms with van der Waals surface area (Å²) >= 11 is 0. The summed E-state index contributed by atoms with van der Waals surface area (Å²) in [4.78, 5) is 23.5. The fourth-order valence-corrected chi connectivity index (χ4v) is 3.34. The number of amides is 1. The standard InChI is InChI=1S/C24H20N2O4/c27-22-14-18-7-8-19(23(28)25-15-26-9-1-2-10-26)12-20(18)13-21(22)11-16-3-5-17(6-4-16)24(29)30/h1-10,12-14,27H,11,15H2,(H,25,28)(H,29,30). The Morgan fingerprint density at radius 1 is 0.867 bits per heavy atom. The summed E-state index contributed by atoms with van der Waals surface area (Å²) in [5.74, 6) is -0.989. The maximum atomic E-state index is 12.5. The first-order valence-corrected chi connectivity index (χ1v) is 9.46. The molecule has 0 aliphatic heterocycles. The van der Waals surface area contributed by atoms with Gasteiger partial charge in [-0.2, -0.15) is 0 Å². The minimum Gasteiger partial charge on any atom is -0.508 e. The highest BCUT2D eigenvalue weighted by molar-refractivity contribution is 5.99. The second-order valence-electron chi connectivity index (χ2n) is 7.08. The largest absolute Gasteiger partial charge is 0.508 e. The van der Waals surface area contributed by atoms with Crippen molar-refractivity contribution in [3.63, 3.8) is 0 Å². The van der Waals surface area contributed by atoms with Crippen LogP contribution in [0.1, 0.15) is 31.8 Å². The number of fused-ring (bicyclic) bond motifs is 1. The van der Waals surface area contributed by atoms with E-state index in [1.807, 2.05) is 41.2 Å². The van der Waals surface area contributed by atoms with Gasteiger partial charge in [0.15, 0.2) is 0 Å². The predicted octanol–water partition coefficient (Wildman–Crippen LogP) is 4.02. The molecule has 0 spiro atoms. The molecule has 0 aliphatic rings. The fraction of sp³-hybridized carbons (Fsp3) is 0.0833. The van der Waals surface area contributed by atoms with Gasteiger partial charge in [-0.1, -0.05) is 18.2 Å². The van der Waals surface area contributed by atoms with Gasteiger partial charge in [-0.05, 0) is 70.4 Å². The lowest BCUT2D eigenvalue weighted by Crippen LogP contribution is -2.25. The molecular weight excluding hydrogens is 380 g/mol. The summed E-state index contributed by atoms with van der Waals surface area (Å²) in [7, 11) is 0. The zero-order chi connectivity index (χ0) is 21.1. The Morgan fingerprint density at radius 2 is 1.57 bits per heavy atom. The molecule has 0 fully saturated rings. The number of nitrogens with one attached hydrogen (secondary N) is 1. The number of aromatic hydroxyl groups is 1. The Kier molecular flexibility index (Phi) is 5.22. The van der Waals surface area contributed by atoms with Crippen molar-refractivity contribution in [2.24, 2.45) is 0 Å². The van der Waals surface area contributed by atoms with Crippen molar-refractivity contribution in [2.75, 3.05) is 0 Å². The van der Waals surface area contributed by atoms with Crippen LogP contribution in [-0.2, 0) is 13.1 Å². The molecule has 0 bridgehead atoms. The number of carboxylic acid groups (broad SMARTS) is 1. The van der Waals surface area contributed by atoms with Gasteiger partial charge < -0.3 is 20.1 Å². The van der Waals surface area contributed by atoms with E-state index in [-0.39, 0.29) is 17.2 Å². The molecule has 4 rings (SSSR count). The van der Waals surface area contributed by atoms with Gasteiger partial charge in [-0.15, -0.1) is 0 Å². The Bertz CT molecular complexity index is 1210. The van der Waals surface area contributed by atoms with Crippen LogP contribution in [0, 0.1) is 0 Å². The molecule has 30 heavy (non-hydrogen) atoms. The number of hydrogen-bond acceptors (Lipinski definition) is 3. The van der Waals surface area contributed by atoms with Crippen molar-refractivity contribution in [3.05, 3.63) is 101 Å². The number of hydrogen-bond donors (Lipinski definition) is 3. The van der Waals surface area contributed by atoms with Gasteiger partial charge in [0, 0.05) is 24.4 Å². The van der Waals surface area contributed by atoms with Crippen LogP contribution in [0.3, 0.4) is 0 Å². The maximum absolute atomic E-state index is 12.5. The lowest BCUT2D eigenvalue weighted by atomic mass is 9.98. The normalized spacial score (nSPS) is 10.8. The quantitative estimate of drug-likeness (QED) is 0.456. The van der Waals surface area contributed by atoms with E-state index in [0.717, 1.165) is 16.3 Å². The van der Waals surface area contributed by atoms with Gasteiger partial charge >= 0.3 is 5.97 Å². The van der Waals surface area contributed by atoms with Crippen molar-refractivity contribution >= 4 is 22.6 Å². The fourth-order valence-electron chi connectivity index (χ4n) is 3.34. The predicted molar refractivity (Wildman–Crippen MR) is 114 cm³/mol. The number of phenolic OH excluding ortho intramolecular Hbond substituents is 1. The van der Waals surface area contributed by atoms with Gasteiger partial charge in [0.2, 0.25) is 0 Å². The van der Waals surface area contributed by atoms with Gasteiger partial charge in [0.1, 0.15) is 5.75 Å². The summed E-state index contributed by atoms with van der Waals surface area (Å²) in [6.07, 6.45) is 4.20. The van der Waals surface area contributed by atoms with E-state index in [2.05, 4.69) is 5.32 Å². The van der Waals surface area contributed by atoms with Crippen molar-refractivity contribution in [2.45, 2.75) is 13.1 Å². The number of carbonyl (C=O) groups excluding carboxylic acids is 1.